The van der Waals surface area contributed by atoms with E-state index in [1.165, 1.54) is 19.3 Å². The SMILES string of the molecule is CC1CCC(C(C)C)C(O[Si](C(C)C)(C(C)C)C(C)C)C1. The largest absolute Gasteiger partial charge is 0.413 e. The fourth-order valence-corrected chi connectivity index (χ4v) is 10.5. The predicted octanol–water partition coefficient (Wildman–Crippen LogP) is 6.64. The first-order valence-electron chi connectivity index (χ1n) is 9.30. The quantitative estimate of drug-likeness (QED) is 0.499. The average molecular weight is 313 g/mol. The number of hydrogen-bond acceptors (Lipinski definition) is 1. The summed E-state index contributed by atoms with van der Waals surface area (Å²) in [6.45, 7) is 21.6. The van der Waals surface area contributed by atoms with Crippen LogP contribution in [0, 0.1) is 17.8 Å². The van der Waals surface area contributed by atoms with Gasteiger partial charge in [-0.1, -0.05) is 68.7 Å². The predicted molar refractivity (Wildman–Crippen MR) is 97.3 cm³/mol. The molecule has 0 aromatic rings. The van der Waals surface area contributed by atoms with Gasteiger partial charge in [-0.2, -0.15) is 0 Å². The highest BCUT2D eigenvalue weighted by Crippen LogP contribution is 2.46. The van der Waals surface area contributed by atoms with Crippen molar-refractivity contribution in [1.82, 2.24) is 0 Å². The molecule has 1 aliphatic rings. The standard InChI is InChI=1S/C19H40OSi/c1-13(2)18-11-10-17(9)12-19(18)20-21(14(3)4,15(5)6)16(7)8/h13-19H,10-12H2,1-9H3. The highest BCUT2D eigenvalue weighted by Gasteiger charge is 2.48. The lowest BCUT2D eigenvalue weighted by Crippen LogP contribution is -2.52. The summed E-state index contributed by atoms with van der Waals surface area (Å²) in [7, 11) is -1.73. The van der Waals surface area contributed by atoms with Gasteiger partial charge in [-0.3, -0.25) is 0 Å². The van der Waals surface area contributed by atoms with Crippen molar-refractivity contribution in [3.05, 3.63) is 0 Å². The number of rotatable bonds is 6. The molecule has 1 aliphatic carbocycles. The Hall–Kier alpha value is 0.177. The average Bonchev–Trinajstić information content (AvgIpc) is 2.34. The second kappa shape index (κ2) is 7.63. The van der Waals surface area contributed by atoms with E-state index in [2.05, 4.69) is 62.3 Å². The van der Waals surface area contributed by atoms with Crippen LogP contribution in [0.3, 0.4) is 0 Å². The van der Waals surface area contributed by atoms with Crippen LogP contribution in [-0.4, -0.2) is 14.4 Å². The van der Waals surface area contributed by atoms with Crippen molar-refractivity contribution >= 4 is 8.32 Å². The fourth-order valence-electron chi connectivity index (χ4n) is 4.92. The minimum absolute atomic E-state index is 0.507. The summed E-state index contributed by atoms with van der Waals surface area (Å²) in [4.78, 5) is 0. The van der Waals surface area contributed by atoms with Gasteiger partial charge in [-0.05, 0) is 47.2 Å². The molecule has 3 unspecified atom stereocenters. The Morgan fingerprint density at radius 2 is 1.29 bits per heavy atom. The molecular weight excluding hydrogens is 272 g/mol. The van der Waals surface area contributed by atoms with Crippen molar-refractivity contribution in [2.45, 2.75) is 104 Å². The van der Waals surface area contributed by atoms with Crippen molar-refractivity contribution < 1.29 is 4.43 Å². The topological polar surface area (TPSA) is 9.23 Å². The summed E-state index contributed by atoms with van der Waals surface area (Å²) in [5.74, 6) is 2.35. The first-order valence-corrected chi connectivity index (χ1v) is 11.4. The van der Waals surface area contributed by atoms with Gasteiger partial charge in [-0.25, -0.2) is 0 Å². The second-order valence-electron chi connectivity index (χ2n) is 8.80. The van der Waals surface area contributed by atoms with Crippen molar-refractivity contribution in [2.24, 2.45) is 17.8 Å². The van der Waals surface area contributed by atoms with E-state index < -0.39 is 8.32 Å². The molecule has 21 heavy (non-hydrogen) atoms. The Morgan fingerprint density at radius 1 is 0.810 bits per heavy atom. The van der Waals surface area contributed by atoms with E-state index >= 15 is 0 Å². The molecule has 0 heterocycles. The monoisotopic (exact) mass is 312 g/mol. The fraction of sp³-hybridized carbons (Fsp3) is 1.00. The van der Waals surface area contributed by atoms with Gasteiger partial charge in [0.05, 0.1) is 0 Å². The molecule has 1 saturated carbocycles. The second-order valence-corrected chi connectivity index (χ2v) is 14.2. The molecule has 0 bridgehead atoms. The maximum atomic E-state index is 7.15. The van der Waals surface area contributed by atoms with E-state index in [1.54, 1.807) is 0 Å². The normalized spacial score (nSPS) is 28.1. The minimum Gasteiger partial charge on any atom is -0.413 e. The van der Waals surface area contributed by atoms with E-state index in [0.717, 1.165) is 17.8 Å². The molecule has 1 nitrogen and oxygen atoms in total. The summed E-state index contributed by atoms with van der Waals surface area (Å²) in [6.07, 6.45) is 4.54. The van der Waals surface area contributed by atoms with Crippen LogP contribution in [0.5, 0.6) is 0 Å². The summed E-state index contributed by atoms with van der Waals surface area (Å²) in [5.41, 5.74) is 2.09. The van der Waals surface area contributed by atoms with Crippen LogP contribution in [0.4, 0.5) is 0 Å². The zero-order valence-corrected chi connectivity index (χ0v) is 17.1. The molecule has 3 atom stereocenters. The van der Waals surface area contributed by atoms with E-state index in [4.69, 9.17) is 4.43 Å². The zero-order valence-electron chi connectivity index (χ0n) is 16.1. The van der Waals surface area contributed by atoms with Crippen molar-refractivity contribution in [3.63, 3.8) is 0 Å². The van der Waals surface area contributed by atoms with Crippen LogP contribution >= 0.6 is 0 Å². The van der Waals surface area contributed by atoms with Crippen LogP contribution in [0.2, 0.25) is 16.6 Å². The lowest BCUT2D eigenvalue weighted by Gasteiger charge is -2.48. The molecule has 0 aromatic heterocycles. The first kappa shape index (κ1) is 19.2. The summed E-state index contributed by atoms with van der Waals surface area (Å²) < 4.78 is 7.15. The van der Waals surface area contributed by atoms with Gasteiger partial charge in [-0.15, -0.1) is 0 Å². The third-order valence-electron chi connectivity index (χ3n) is 6.02. The highest BCUT2D eigenvalue weighted by molar-refractivity contribution is 6.77. The molecule has 1 rings (SSSR count). The molecule has 1 fully saturated rings. The van der Waals surface area contributed by atoms with Crippen molar-refractivity contribution in [2.75, 3.05) is 0 Å². The van der Waals surface area contributed by atoms with Crippen molar-refractivity contribution in [3.8, 4) is 0 Å². The summed E-state index contributed by atoms with van der Waals surface area (Å²) in [6, 6.07) is 0. The molecule has 126 valence electrons. The van der Waals surface area contributed by atoms with Crippen LogP contribution in [0.1, 0.15) is 81.6 Å². The lowest BCUT2D eigenvalue weighted by molar-refractivity contribution is 0.0323. The van der Waals surface area contributed by atoms with Gasteiger partial charge in [0.1, 0.15) is 0 Å². The van der Waals surface area contributed by atoms with Crippen LogP contribution in [-0.2, 0) is 4.43 Å². The van der Waals surface area contributed by atoms with Crippen LogP contribution in [0.25, 0.3) is 0 Å². The summed E-state index contributed by atoms with van der Waals surface area (Å²) in [5, 5.41) is 0. The molecule has 0 saturated heterocycles. The minimum atomic E-state index is -1.73. The Labute approximate surface area is 135 Å². The van der Waals surface area contributed by atoms with Crippen molar-refractivity contribution in [1.29, 1.82) is 0 Å². The highest BCUT2D eigenvalue weighted by atomic mass is 28.4. The molecule has 0 aromatic carbocycles. The van der Waals surface area contributed by atoms with E-state index in [1.807, 2.05) is 0 Å². The Kier molecular flexibility index (Phi) is 6.99. The molecule has 0 spiro atoms. The molecular formula is C19H40OSi. The van der Waals surface area contributed by atoms with E-state index in [9.17, 15) is 0 Å². The lowest BCUT2D eigenvalue weighted by atomic mass is 9.75. The molecule has 2 heteroatoms. The zero-order chi connectivity index (χ0) is 16.4. The van der Waals surface area contributed by atoms with Gasteiger partial charge < -0.3 is 4.43 Å². The Bertz CT molecular complexity index is 287. The van der Waals surface area contributed by atoms with Gasteiger partial charge in [0.25, 0.3) is 0 Å². The van der Waals surface area contributed by atoms with Gasteiger partial charge in [0, 0.05) is 6.10 Å². The maximum absolute atomic E-state index is 7.15. The molecule has 0 amide bonds. The Morgan fingerprint density at radius 3 is 1.67 bits per heavy atom. The molecule has 0 N–H and O–H groups in total. The third kappa shape index (κ3) is 4.13. The van der Waals surface area contributed by atoms with Crippen LogP contribution < -0.4 is 0 Å². The molecule has 0 radical (unpaired) electrons. The van der Waals surface area contributed by atoms with Gasteiger partial charge >= 0.3 is 0 Å². The van der Waals surface area contributed by atoms with E-state index in [0.29, 0.717) is 22.7 Å². The van der Waals surface area contributed by atoms with Crippen LogP contribution in [0.15, 0.2) is 0 Å². The first-order chi connectivity index (χ1) is 9.62. The van der Waals surface area contributed by atoms with Gasteiger partial charge in [0.15, 0.2) is 0 Å². The number of hydrogen-bond donors (Lipinski definition) is 0. The maximum Gasteiger partial charge on any atom is 0.200 e. The smallest absolute Gasteiger partial charge is 0.200 e. The van der Waals surface area contributed by atoms with Gasteiger partial charge in [0.2, 0.25) is 8.32 Å². The third-order valence-corrected chi connectivity index (χ3v) is 12.1. The van der Waals surface area contributed by atoms with E-state index in [-0.39, 0.29) is 0 Å². The molecule has 0 aliphatic heterocycles. The Balaban J connectivity index is 3.04. The summed E-state index contributed by atoms with van der Waals surface area (Å²) >= 11 is 0.